The molecule has 0 radical (unpaired) electrons. The minimum atomic E-state index is -3.40. The lowest BCUT2D eigenvalue weighted by molar-refractivity contribution is -0.139. The van der Waals surface area contributed by atoms with Crippen LogP contribution in [-0.4, -0.2) is 59.6 Å². The molecule has 3 heterocycles. The lowest BCUT2D eigenvalue weighted by atomic mass is 9.83. The SMILES string of the molecule is O=C(COc1ccc(F)cc1)N1CC2(C1)C(c1nc(C3CCCC3)no1)CCS2(=O)=O. The summed E-state index contributed by atoms with van der Waals surface area (Å²) in [5, 5.41) is 4.13. The molecule has 0 N–H and O–H groups in total. The van der Waals surface area contributed by atoms with E-state index in [2.05, 4.69) is 10.1 Å². The van der Waals surface area contributed by atoms with Crippen LogP contribution < -0.4 is 4.74 Å². The van der Waals surface area contributed by atoms with Gasteiger partial charge in [0.15, 0.2) is 22.3 Å². The summed E-state index contributed by atoms with van der Waals surface area (Å²) in [5.41, 5.74) is 0. The lowest BCUT2D eigenvalue weighted by Gasteiger charge is -2.48. The Kier molecular flexibility index (Phi) is 4.99. The van der Waals surface area contributed by atoms with Gasteiger partial charge in [-0.05, 0) is 43.5 Å². The van der Waals surface area contributed by atoms with Crippen LogP contribution in [0.3, 0.4) is 0 Å². The molecule has 8 nitrogen and oxygen atoms in total. The number of hydrogen-bond acceptors (Lipinski definition) is 7. The van der Waals surface area contributed by atoms with E-state index in [9.17, 15) is 17.6 Å². The Hall–Kier alpha value is -2.49. The van der Waals surface area contributed by atoms with Crippen LogP contribution in [0.15, 0.2) is 28.8 Å². The summed E-state index contributed by atoms with van der Waals surface area (Å²) in [6, 6.07) is 5.38. The predicted molar refractivity (Wildman–Crippen MR) is 108 cm³/mol. The zero-order valence-corrected chi connectivity index (χ0v) is 17.8. The van der Waals surface area contributed by atoms with Gasteiger partial charge in [0.2, 0.25) is 5.89 Å². The van der Waals surface area contributed by atoms with Gasteiger partial charge in [-0.3, -0.25) is 4.79 Å². The molecule has 2 aromatic rings. The number of sulfone groups is 1. The molecule has 2 aliphatic heterocycles. The number of likely N-dealkylation sites (tertiary alicyclic amines) is 1. The maximum Gasteiger partial charge on any atom is 0.260 e. The molecule has 5 rings (SSSR count). The highest BCUT2D eigenvalue weighted by atomic mass is 32.2. The molecular weight excluding hydrogens is 425 g/mol. The van der Waals surface area contributed by atoms with E-state index in [0.29, 0.717) is 23.9 Å². The molecule has 1 aromatic carbocycles. The largest absolute Gasteiger partial charge is 0.484 e. The van der Waals surface area contributed by atoms with Gasteiger partial charge in [0.05, 0.1) is 11.7 Å². The average molecular weight is 450 g/mol. The fourth-order valence-electron chi connectivity index (χ4n) is 5.00. The molecule has 3 aliphatic rings. The second-order valence-electron chi connectivity index (χ2n) is 8.69. The quantitative estimate of drug-likeness (QED) is 0.691. The number of halogens is 1. The summed E-state index contributed by atoms with van der Waals surface area (Å²) in [6.45, 7) is -0.0572. The van der Waals surface area contributed by atoms with Gasteiger partial charge in [-0.15, -0.1) is 0 Å². The van der Waals surface area contributed by atoms with Crippen molar-refractivity contribution in [1.29, 1.82) is 0 Å². The van der Waals surface area contributed by atoms with Crippen LogP contribution in [0.4, 0.5) is 4.39 Å². The molecule has 0 bridgehead atoms. The molecule has 1 atom stereocenters. The fraction of sp³-hybridized carbons (Fsp3) is 0.571. The minimum Gasteiger partial charge on any atom is -0.484 e. The zero-order chi connectivity index (χ0) is 21.6. The van der Waals surface area contributed by atoms with Crippen LogP contribution >= 0.6 is 0 Å². The van der Waals surface area contributed by atoms with Crippen molar-refractivity contribution < 1.29 is 26.9 Å². The average Bonchev–Trinajstić information content (AvgIpc) is 3.44. The third-order valence-electron chi connectivity index (χ3n) is 6.85. The van der Waals surface area contributed by atoms with Gasteiger partial charge in [-0.2, -0.15) is 4.98 Å². The Morgan fingerprint density at radius 1 is 1.19 bits per heavy atom. The molecular formula is C21H24FN3O5S. The molecule has 10 heteroatoms. The summed E-state index contributed by atoms with van der Waals surface area (Å²) in [7, 11) is -3.40. The third kappa shape index (κ3) is 3.50. The molecule has 1 unspecified atom stereocenters. The number of benzene rings is 1. The number of carbonyl (C=O) groups is 1. The Morgan fingerprint density at radius 3 is 2.61 bits per heavy atom. The molecule has 1 aliphatic carbocycles. The van der Waals surface area contributed by atoms with E-state index in [4.69, 9.17) is 9.26 Å². The first-order valence-corrected chi connectivity index (χ1v) is 12.3. The highest BCUT2D eigenvalue weighted by molar-refractivity contribution is 7.93. The van der Waals surface area contributed by atoms with Gasteiger partial charge in [-0.1, -0.05) is 18.0 Å². The Morgan fingerprint density at radius 2 is 1.90 bits per heavy atom. The highest BCUT2D eigenvalue weighted by Crippen LogP contribution is 2.49. The summed E-state index contributed by atoms with van der Waals surface area (Å²) in [4.78, 5) is 18.6. The van der Waals surface area contributed by atoms with E-state index in [0.717, 1.165) is 25.7 Å². The molecule has 1 saturated carbocycles. The molecule has 166 valence electrons. The Balaban J connectivity index is 1.27. The van der Waals surface area contributed by atoms with Gasteiger partial charge < -0.3 is 14.2 Å². The fourth-order valence-corrected chi connectivity index (χ4v) is 7.31. The van der Waals surface area contributed by atoms with Crippen molar-refractivity contribution in [2.24, 2.45) is 0 Å². The molecule has 31 heavy (non-hydrogen) atoms. The van der Waals surface area contributed by atoms with Crippen molar-refractivity contribution in [1.82, 2.24) is 15.0 Å². The minimum absolute atomic E-state index is 0.0485. The standard InChI is InChI=1S/C21H24FN3O5S/c22-15-5-7-16(8-6-15)29-11-18(26)25-12-21(13-25)17(9-10-31(21,27)28)20-23-19(24-30-20)14-3-1-2-4-14/h5-8,14,17H,1-4,9-13H2. The van der Waals surface area contributed by atoms with E-state index < -0.39 is 26.3 Å². The number of hydrogen-bond donors (Lipinski definition) is 0. The van der Waals surface area contributed by atoms with Crippen molar-refractivity contribution >= 4 is 15.7 Å². The maximum atomic E-state index is 13.0. The number of rotatable bonds is 5. The van der Waals surface area contributed by atoms with Gasteiger partial charge >= 0.3 is 0 Å². The van der Waals surface area contributed by atoms with Crippen LogP contribution in [0.5, 0.6) is 5.75 Å². The zero-order valence-electron chi connectivity index (χ0n) is 17.0. The second kappa shape index (κ2) is 7.58. The van der Waals surface area contributed by atoms with Crippen molar-refractivity contribution in [3.05, 3.63) is 41.8 Å². The van der Waals surface area contributed by atoms with Crippen LogP contribution in [0.2, 0.25) is 0 Å². The van der Waals surface area contributed by atoms with E-state index in [1.165, 1.54) is 29.2 Å². The van der Waals surface area contributed by atoms with Crippen molar-refractivity contribution in [2.75, 3.05) is 25.4 Å². The van der Waals surface area contributed by atoms with E-state index in [-0.39, 0.29) is 37.3 Å². The number of amides is 1. The molecule has 3 fully saturated rings. The molecule has 1 amide bonds. The molecule has 1 aromatic heterocycles. The Bertz CT molecular complexity index is 1070. The monoisotopic (exact) mass is 449 g/mol. The number of ether oxygens (including phenoxy) is 1. The first kappa shape index (κ1) is 20.4. The first-order chi connectivity index (χ1) is 14.9. The van der Waals surface area contributed by atoms with Crippen LogP contribution in [0.25, 0.3) is 0 Å². The predicted octanol–water partition coefficient (Wildman–Crippen LogP) is 2.43. The van der Waals surface area contributed by atoms with Gasteiger partial charge in [0.1, 0.15) is 16.3 Å². The van der Waals surface area contributed by atoms with E-state index in [1.807, 2.05) is 0 Å². The first-order valence-electron chi connectivity index (χ1n) is 10.6. The van der Waals surface area contributed by atoms with Gasteiger partial charge in [0.25, 0.3) is 5.91 Å². The van der Waals surface area contributed by atoms with Crippen molar-refractivity contribution in [2.45, 2.75) is 48.7 Å². The van der Waals surface area contributed by atoms with Gasteiger partial charge in [0, 0.05) is 19.0 Å². The van der Waals surface area contributed by atoms with E-state index >= 15 is 0 Å². The maximum absolute atomic E-state index is 13.0. The third-order valence-corrected chi connectivity index (χ3v) is 9.41. The van der Waals surface area contributed by atoms with E-state index in [1.54, 1.807) is 0 Å². The van der Waals surface area contributed by atoms with Gasteiger partial charge in [-0.25, -0.2) is 12.8 Å². The van der Waals surface area contributed by atoms with Crippen molar-refractivity contribution in [3.63, 3.8) is 0 Å². The number of aromatic nitrogens is 2. The smallest absolute Gasteiger partial charge is 0.260 e. The summed E-state index contributed by atoms with van der Waals surface area (Å²) < 4.78 is 48.6. The van der Waals surface area contributed by atoms with Crippen LogP contribution in [0, 0.1) is 5.82 Å². The highest BCUT2D eigenvalue weighted by Gasteiger charge is 2.64. The molecule has 2 saturated heterocycles. The summed E-state index contributed by atoms with van der Waals surface area (Å²) >= 11 is 0. The number of nitrogens with zero attached hydrogens (tertiary/aromatic N) is 3. The molecule has 1 spiro atoms. The summed E-state index contributed by atoms with van der Waals surface area (Å²) in [6.07, 6.45) is 4.77. The van der Waals surface area contributed by atoms with Crippen LogP contribution in [0.1, 0.15) is 55.7 Å². The van der Waals surface area contributed by atoms with Crippen LogP contribution in [-0.2, 0) is 14.6 Å². The summed E-state index contributed by atoms with van der Waals surface area (Å²) in [5.74, 6) is 0.654. The lowest BCUT2D eigenvalue weighted by Crippen LogP contribution is -2.68. The topological polar surface area (TPSA) is 103 Å². The normalized spacial score (nSPS) is 24.4. The number of carbonyl (C=O) groups excluding carboxylic acids is 1. The Labute approximate surface area is 179 Å². The second-order valence-corrected chi connectivity index (χ2v) is 11.1. The van der Waals surface area contributed by atoms with Crippen molar-refractivity contribution in [3.8, 4) is 5.75 Å².